The first-order valence-corrected chi connectivity index (χ1v) is 6.41. The van der Waals surface area contributed by atoms with Gasteiger partial charge in [-0.25, -0.2) is 0 Å². The zero-order chi connectivity index (χ0) is 14.3. The molecule has 0 aliphatic heterocycles. The lowest BCUT2D eigenvalue weighted by Crippen LogP contribution is -2.25. The van der Waals surface area contributed by atoms with E-state index in [4.69, 9.17) is 17.3 Å². The standard InChI is InChI=1S/C16H10ClNO2/c17-10-7-5-9(6-8-10)13-14(18)16(20)12-4-2-1-3-11(12)15(13)19/h1-8H,18H2. The van der Waals surface area contributed by atoms with Crippen molar-refractivity contribution in [3.8, 4) is 0 Å². The van der Waals surface area contributed by atoms with Crippen LogP contribution in [0.4, 0.5) is 0 Å². The fourth-order valence-corrected chi connectivity index (χ4v) is 2.42. The second-order valence-corrected chi connectivity index (χ2v) is 4.94. The van der Waals surface area contributed by atoms with Gasteiger partial charge in [-0.15, -0.1) is 0 Å². The Hall–Kier alpha value is -2.39. The summed E-state index contributed by atoms with van der Waals surface area (Å²) in [5.74, 6) is -0.551. The van der Waals surface area contributed by atoms with Crippen molar-refractivity contribution in [2.24, 2.45) is 5.73 Å². The molecule has 3 rings (SSSR count). The van der Waals surface area contributed by atoms with E-state index in [2.05, 4.69) is 0 Å². The van der Waals surface area contributed by atoms with Crippen LogP contribution in [0, 0.1) is 0 Å². The molecule has 4 heteroatoms. The SMILES string of the molecule is NC1=C(c2ccc(Cl)cc2)C(=O)c2ccccc2C1=O. The number of allylic oxidation sites excluding steroid dienone is 2. The lowest BCUT2D eigenvalue weighted by molar-refractivity contribution is 0.0990. The van der Waals surface area contributed by atoms with Crippen LogP contribution < -0.4 is 5.73 Å². The smallest absolute Gasteiger partial charge is 0.210 e. The molecule has 0 bridgehead atoms. The minimum Gasteiger partial charge on any atom is -0.395 e. The Morgan fingerprint density at radius 1 is 0.800 bits per heavy atom. The van der Waals surface area contributed by atoms with Gasteiger partial charge in [0.2, 0.25) is 5.78 Å². The molecule has 0 amide bonds. The van der Waals surface area contributed by atoms with E-state index in [0.717, 1.165) is 0 Å². The van der Waals surface area contributed by atoms with Gasteiger partial charge in [-0.1, -0.05) is 48.0 Å². The van der Waals surface area contributed by atoms with E-state index in [-0.39, 0.29) is 22.8 Å². The van der Waals surface area contributed by atoms with Gasteiger partial charge in [0.05, 0.1) is 11.3 Å². The Bertz CT molecular complexity index is 760. The summed E-state index contributed by atoms with van der Waals surface area (Å²) >= 11 is 5.83. The molecule has 0 saturated heterocycles. The van der Waals surface area contributed by atoms with Crippen molar-refractivity contribution < 1.29 is 9.59 Å². The van der Waals surface area contributed by atoms with Crippen LogP contribution in [0.1, 0.15) is 26.3 Å². The first kappa shape index (κ1) is 12.6. The quantitative estimate of drug-likeness (QED) is 0.875. The van der Waals surface area contributed by atoms with Crippen molar-refractivity contribution in [1.82, 2.24) is 0 Å². The summed E-state index contributed by atoms with van der Waals surface area (Å²) in [6.07, 6.45) is 0. The fourth-order valence-electron chi connectivity index (χ4n) is 2.30. The highest BCUT2D eigenvalue weighted by atomic mass is 35.5. The maximum atomic E-state index is 12.5. The van der Waals surface area contributed by atoms with Crippen molar-refractivity contribution in [3.05, 3.63) is 75.9 Å². The van der Waals surface area contributed by atoms with Crippen LogP contribution >= 0.6 is 11.6 Å². The van der Waals surface area contributed by atoms with E-state index in [1.165, 1.54) is 0 Å². The van der Waals surface area contributed by atoms with Crippen molar-refractivity contribution in [3.63, 3.8) is 0 Å². The second kappa shape index (κ2) is 4.62. The van der Waals surface area contributed by atoms with Gasteiger partial charge < -0.3 is 5.73 Å². The van der Waals surface area contributed by atoms with Gasteiger partial charge in [0.1, 0.15) is 0 Å². The van der Waals surface area contributed by atoms with E-state index in [1.807, 2.05) is 0 Å². The number of rotatable bonds is 1. The van der Waals surface area contributed by atoms with E-state index in [0.29, 0.717) is 21.7 Å². The Morgan fingerprint density at radius 2 is 1.35 bits per heavy atom. The summed E-state index contributed by atoms with van der Waals surface area (Å²) in [7, 11) is 0. The molecule has 0 atom stereocenters. The molecule has 1 aliphatic rings. The van der Waals surface area contributed by atoms with Crippen LogP contribution in [0.5, 0.6) is 0 Å². The van der Waals surface area contributed by atoms with Crippen LogP contribution in [0.2, 0.25) is 5.02 Å². The molecule has 0 radical (unpaired) electrons. The van der Waals surface area contributed by atoms with Crippen molar-refractivity contribution >= 4 is 28.7 Å². The highest BCUT2D eigenvalue weighted by Gasteiger charge is 2.31. The van der Waals surface area contributed by atoms with Crippen LogP contribution in [0.15, 0.2) is 54.2 Å². The molecular weight excluding hydrogens is 274 g/mol. The molecule has 0 fully saturated rings. The third-order valence-corrected chi connectivity index (χ3v) is 3.54. The molecule has 0 spiro atoms. The Morgan fingerprint density at radius 3 is 1.95 bits per heavy atom. The van der Waals surface area contributed by atoms with Crippen molar-refractivity contribution in [2.75, 3.05) is 0 Å². The summed E-state index contributed by atoms with van der Waals surface area (Å²) < 4.78 is 0. The summed E-state index contributed by atoms with van der Waals surface area (Å²) in [4.78, 5) is 24.8. The number of carbonyl (C=O) groups excluding carboxylic acids is 2. The van der Waals surface area contributed by atoms with Crippen LogP contribution in [0.25, 0.3) is 5.57 Å². The average Bonchev–Trinajstić information content (AvgIpc) is 2.47. The lowest BCUT2D eigenvalue weighted by atomic mass is 9.84. The highest BCUT2D eigenvalue weighted by molar-refractivity contribution is 6.40. The van der Waals surface area contributed by atoms with Crippen LogP contribution in [0.3, 0.4) is 0 Å². The molecule has 2 N–H and O–H groups in total. The van der Waals surface area contributed by atoms with Gasteiger partial charge in [-0.05, 0) is 17.7 Å². The van der Waals surface area contributed by atoms with Crippen LogP contribution in [-0.4, -0.2) is 11.6 Å². The van der Waals surface area contributed by atoms with Gasteiger partial charge >= 0.3 is 0 Å². The van der Waals surface area contributed by atoms with Gasteiger partial charge in [-0.2, -0.15) is 0 Å². The maximum Gasteiger partial charge on any atom is 0.210 e. The molecule has 0 saturated carbocycles. The predicted octanol–water partition coefficient (Wildman–Crippen LogP) is 3.09. The number of hydrogen-bond acceptors (Lipinski definition) is 3. The van der Waals surface area contributed by atoms with Crippen LogP contribution in [-0.2, 0) is 0 Å². The Kier molecular flexibility index (Phi) is 2.92. The minimum atomic E-state index is -0.315. The summed E-state index contributed by atoms with van der Waals surface area (Å²) in [6.45, 7) is 0. The predicted molar refractivity (Wildman–Crippen MR) is 77.7 cm³/mol. The molecule has 3 nitrogen and oxygen atoms in total. The van der Waals surface area contributed by atoms with E-state index >= 15 is 0 Å². The molecule has 2 aromatic rings. The molecule has 0 unspecified atom stereocenters. The molecule has 0 heterocycles. The molecule has 0 aromatic heterocycles. The average molecular weight is 284 g/mol. The number of carbonyl (C=O) groups is 2. The normalized spacial score (nSPS) is 14.4. The number of benzene rings is 2. The number of Topliss-reactive ketones (excluding diaryl/α,β-unsaturated/α-hetero) is 2. The van der Waals surface area contributed by atoms with E-state index < -0.39 is 0 Å². The minimum absolute atomic E-state index is 0.0176. The Balaban J connectivity index is 2.21. The summed E-state index contributed by atoms with van der Waals surface area (Å²) in [5.41, 5.74) is 7.43. The molecular formula is C16H10ClNO2. The molecule has 98 valence electrons. The zero-order valence-corrected chi connectivity index (χ0v) is 11.1. The number of nitrogens with two attached hydrogens (primary N) is 1. The first-order chi connectivity index (χ1) is 9.59. The van der Waals surface area contributed by atoms with Gasteiger partial charge in [0.25, 0.3) is 0 Å². The number of hydrogen-bond donors (Lipinski definition) is 1. The third-order valence-electron chi connectivity index (χ3n) is 3.29. The molecule has 2 aromatic carbocycles. The van der Waals surface area contributed by atoms with Crippen molar-refractivity contribution in [2.45, 2.75) is 0 Å². The second-order valence-electron chi connectivity index (χ2n) is 4.50. The fraction of sp³-hybridized carbons (Fsp3) is 0. The largest absolute Gasteiger partial charge is 0.395 e. The Labute approximate surface area is 120 Å². The molecule has 1 aliphatic carbocycles. The maximum absolute atomic E-state index is 12.5. The van der Waals surface area contributed by atoms with E-state index in [9.17, 15) is 9.59 Å². The number of ketones is 2. The van der Waals surface area contributed by atoms with Gasteiger partial charge in [0.15, 0.2) is 5.78 Å². The summed E-state index contributed by atoms with van der Waals surface area (Å²) in [6, 6.07) is 13.4. The first-order valence-electron chi connectivity index (χ1n) is 6.03. The number of fused-ring (bicyclic) bond motifs is 1. The summed E-state index contributed by atoms with van der Waals surface area (Å²) in [5, 5.41) is 0.558. The third kappa shape index (κ3) is 1.84. The van der Waals surface area contributed by atoms with Gasteiger partial charge in [-0.3, -0.25) is 9.59 Å². The van der Waals surface area contributed by atoms with Gasteiger partial charge in [0, 0.05) is 16.1 Å². The molecule has 20 heavy (non-hydrogen) atoms. The number of halogens is 1. The topological polar surface area (TPSA) is 60.2 Å². The monoisotopic (exact) mass is 283 g/mol. The zero-order valence-electron chi connectivity index (χ0n) is 10.4. The van der Waals surface area contributed by atoms with Crippen molar-refractivity contribution in [1.29, 1.82) is 0 Å². The highest BCUT2D eigenvalue weighted by Crippen LogP contribution is 2.30. The lowest BCUT2D eigenvalue weighted by Gasteiger charge is -2.18. The van der Waals surface area contributed by atoms with E-state index in [1.54, 1.807) is 48.5 Å².